The van der Waals surface area contributed by atoms with Crippen LogP contribution in [0, 0.1) is 0 Å². The number of nitrogens with one attached hydrogen (secondary N) is 2. The smallest absolute Gasteiger partial charge is 0.255 e. The number of phenols is 2. The van der Waals surface area contributed by atoms with Gasteiger partial charge in [0.2, 0.25) is 0 Å². The van der Waals surface area contributed by atoms with Crippen molar-refractivity contribution in [3.05, 3.63) is 95.1 Å². The van der Waals surface area contributed by atoms with E-state index in [1.54, 1.807) is 0 Å². The number of carbonyl (C=O) groups excluding carboxylic acids is 2. The van der Waals surface area contributed by atoms with Crippen LogP contribution in [0.15, 0.2) is 72.8 Å². The second kappa shape index (κ2) is 17.8. The minimum atomic E-state index is -0.484. The Morgan fingerprint density at radius 2 is 1.00 bits per heavy atom. The Morgan fingerprint density at radius 1 is 0.619 bits per heavy atom. The number of nitrogens with zero attached hydrogens (tertiary/aromatic N) is 2. The zero-order valence-corrected chi connectivity index (χ0v) is 25.0. The summed E-state index contributed by atoms with van der Waals surface area (Å²) in [6, 6.07) is 23.0. The molecule has 0 bridgehead atoms. The van der Waals surface area contributed by atoms with E-state index in [1.165, 1.54) is 11.1 Å². The maximum absolute atomic E-state index is 12.6. The first kappa shape index (κ1) is 32.6. The van der Waals surface area contributed by atoms with E-state index in [9.17, 15) is 19.8 Å². The highest BCUT2D eigenvalue weighted by atomic mass is 16.3. The molecule has 8 heteroatoms. The molecule has 0 aliphatic carbocycles. The Bertz CT molecular complexity index is 1140. The van der Waals surface area contributed by atoms with Gasteiger partial charge in [-0.25, -0.2) is 0 Å². The molecule has 8 nitrogen and oxygen atoms in total. The average Bonchev–Trinajstić information content (AvgIpc) is 3.01. The van der Waals surface area contributed by atoms with E-state index in [0.29, 0.717) is 13.1 Å². The van der Waals surface area contributed by atoms with Crippen molar-refractivity contribution >= 4 is 11.8 Å². The van der Waals surface area contributed by atoms with E-state index in [-0.39, 0.29) is 22.6 Å². The molecule has 0 fully saturated rings. The van der Waals surface area contributed by atoms with Crippen LogP contribution in [0.5, 0.6) is 11.5 Å². The Labute approximate surface area is 250 Å². The minimum Gasteiger partial charge on any atom is -0.507 e. The molecule has 3 aromatic carbocycles. The van der Waals surface area contributed by atoms with E-state index >= 15 is 0 Å². The summed E-state index contributed by atoms with van der Waals surface area (Å²) in [5.74, 6) is -1.64. The maximum Gasteiger partial charge on any atom is 0.255 e. The summed E-state index contributed by atoms with van der Waals surface area (Å²) < 4.78 is 0. The summed E-state index contributed by atoms with van der Waals surface area (Å²) in [6.07, 6.45) is 3.40. The van der Waals surface area contributed by atoms with Gasteiger partial charge in [-0.1, -0.05) is 74.5 Å². The normalized spacial score (nSPS) is 11.1. The second-order valence-electron chi connectivity index (χ2n) is 10.5. The molecule has 0 radical (unpaired) electrons. The number of carbonyl (C=O) groups is 2. The molecule has 42 heavy (non-hydrogen) atoms. The SMILES string of the molecule is CCN(CCCCNC(=O)c1cc(O)c(C(=O)NCCCCN(CC)Cc2ccccc2)cc1O)Cc1ccccc1. The number of amides is 2. The van der Waals surface area contributed by atoms with Gasteiger partial charge >= 0.3 is 0 Å². The lowest BCUT2D eigenvalue weighted by atomic mass is 10.1. The molecule has 0 unspecified atom stereocenters. The molecule has 0 spiro atoms. The van der Waals surface area contributed by atoms with Crippen molar-refractivity contribution in [2.45, 2.75) is 52.6 Å². The Kier molecular flexibility index (Phi) is 13.9. The van der Waals surface area contributed by atoms with E-state index in [4.69, 9.17) is 0 Å². The molecular weight excluding hydrogens is 528 g/mol. The van der Waals surface area contributed by atoms with Crippen molar-refractivity contribution in [1.82, 2.24) is 20.4 Å². The summed E-state index contributed by atoms with van der Waals surface area (Å²) in [7, 11) is 0. The van der Waals surface area contributed by atoms with E-state index in [0.717, 1.165) is 77.1 Å². The third kappa shape index (κ3) is 10.8. The highest BCUT2D eigenvalue weighted by Crippen LogP contribution is 2.27. The highest BCUT2D eigenvalue weighted by molar-refractivity contribution is 6.02. The average molecular weight is 575 g/mol. The van der Waals surface area contributed by atoms with Gasteiger partial charge < -0.3 is 20.8 Å². The number of unbranched alkanes of at least 4 members (excludes halogenated alkanes) is 2. The summed E-state index contributed by atoms with van der Waals surface area (Å²) in [6.45, 7) is 10.7. The predicted molar refractivity (Wildman–Crippen MR) is 168 cm³/mol. The molecule has 0 aliphatic rings. The summed E-state index contributed by atoms with van der Waals surface area (Å²) in [5, 5.41) is 26.5. The van der Waals surface area contributed by atoms with Crippen molar-refractivity contribution in [3.63, 3.8) is 0 Å². The Balaban J connectivity index is 1.37. The van der Waals surface area contributed by atoms with E-state index < -0.39 is 11.8 Å². The summed E-state index contributed by atoms with van der Waals surface area (Å²) in [5.41, 5.74) is 2.44. The highest BCUT2D eigenvalue weighted by Gasteiger charge is 2.19. The second-order valence-corrected chi connectivity index (χ2v) is 10.5. The van der Waals surface area contributed by atoms with Crippen LogP contribution in [0.2, 0.25) is 0 Å². The fraction of sp³-hybridized carbons (Fsp3) is 0.412. The largest absolute Gasteiger partial charge is 0.507 e. The van der Waals surface area contributed by atoms with Crippen LogP contribution in [-0.4, -0.2) is 71.1 Å². The van der Waals surface area contributed by atoms with Crippen LogP contribution in [0.4, 0.5) is 0 Å². The molecule has 0 heterocycles. The van der Waals surface area contributed by atoms with Crippen molar-refractivity contribution in [2.75, 3.05) is 39.3 Å². The fourth-order valence-corrected chi connectivity index (χ4v) is 4.84. The molecule has 4 N–H and O–H groups in total. The molecular formula is C34H46N4O4. The standard InChI is InChI=1S/C34H46N4O4/c1-3-37(25-27-15-7-5-8-16-27)21-13-11-19-35-33(41)29-23-32(40)30(24-31(29)39)34(42)36-20-12-14-22-38(4-2)26-28-17-9-6-10-18-28/h5-10,15-18,23-24,39-40H,3-4,11-14,19-22,25-26H2,1-2H3,(H,35,41)(H,36,42). The van der Waals surface area contributed by atoms with Crippen molar-refractivity contribution < 1.29 is 19.8 Å². The summed E-state index contributed by atoms with van der Waals surface area (Å²) in [4.78, 5) is 30.0. The van der Waals surface area contributed by atoms with Gasteiger partial charge in [0.25, 0.3) is 11.8 Å². The quantitative estimate of drug-likeness (QED) is 0.124. The van der Waals surface area contributed by atoms with Crippen molar-refractivity contribution in [3.8, 4) is 11.5 Å². The number of rotatable bonds is 18. The monoisotopic (exact) mass is 574 g/mol. The lowest BCUT2D eigenvalue weighted by Crippen LogP contribution is -2.28. The van der Waals surface area contributed by atoms with Gasteiger partial charge in [-0.3, -0.25) is 19.4 Å². The number of hydrogen-bond donors (Lipinski definition) is 4. The first-order chi connectivity index (χ1) is 20.4. The van der Waals surface area contributed by atoms with Crippen LogP contribution in [-0.2, 0) is 13.1 Å². The van der Waals surface area contributed by atoms with E-state index in [2.05, 4.69) is 58.5 Å². The molecule has 3 rings (SSSR count). The van der Waals surface area contributed by atoms with Gasteiger partial charge in [0.05, 0.1) is 11.1 Å². The number of hydrogen-bond acceptors (Lipinski definition) is 6. The van der Waals surface area contributed by atoms with Gasteiger partial charge in [0.15, 0.2) is 0 Å². The first-order valence-electron chi connectivity index (χ1n) is 15.1. The lowest BCUT2D eigenvalue weighted by Gasteiger charge is -2.20. The van der Waals surface area contributed by atoms with Crippen LogP contribution in [0.25, 0.3) is 0 Å². The minimum absolute atomic E-state index is 0.0543. The topological polar surface area (TPSA) is 105 Å². The van der Waals surface area contributed by atoms with Gasteiger partial charge in [-0.2, -0.15) is 0 Å². The van der Waals surface area contributed by atoms with Crippen LogP contribution in [0.3, 0.4) is 0 Å². The van der Waals surface area contributed by atoms with Gasteiger partial charge in [0.1, 0.15) is 11.5 Å². The molecule has 0 aliphatic heterocycles. The zero-order chi connectivity index (χ0) is 30.2. The maximum atomic E-state index is 12.6. The zero-order valence-electron chi connectivity index (χ0n) is 25.0. The molecule has 0 saturated heterocycles. The number of aromatic hydroxyl groups is 2. The van der Waals surface area contributed by atoms with Crippen LogP contribution >= 0.6 is 0 Å². The molecule has 0 saturated carbocycles. The van der Waals surface area contributed by atoms with Crippen molar-refractivity contribution in [2.24, 2.45) is 0 Å². The molecule has 2 amide bonds. The fourth-order valence-electron chi connectivity index (χ4n) is 4.84. The third-order valence-corrected chi connectivity index (χ3v) is 7.37. The first-order valence-corrected chi connectivity index (χ1v) is 15.1. The van der Waals surface area contributed by atoms with Gasteiger partial charge in [-0.05, 0) is 75.1 Å². The molecule has 226 valence electrons. The Morgan fingerprint density at radius 3 is 1.36 bits per heavy atom. The number of phenolic OH excluding ortho intramolecular Hbond substituents is 2. The summed E-state index contributed by atoms with van der Waals surface area (Å²) >= 11 is 0. The third-order valence-electron chi connectivity index (χ3n) is 7.37. The molecule has 0 aromatic heterocycles. The lowest BCUT2D eigenvalue weighted by molar-refractivity contribution is 0.0935. The van der Waals surface area contributed by atoms with E-state index in [1.807, 2.05) is 36.4 Å². The van der Waals surface area contributed by atoms with Crippen molar-refractivity contribution in [1.29, 1.82) is 0 Å². The number of benzene rings is 3. The molecule has 3 aromatic rings. The van der Waals surface area contributed by atoms with Crippen LogP contribution < -0.4 is 10.6 Å². The van der Waals surface area contributed by atoms with Gasteiger partial charge in [-0.15, -0.1) is 0 Å². The Hall–Kier alpha value is -3.88. The van der Waals surface area contributed by atoms with Gasteiger partial charge in [0, 0.05) is 26.2 Å². The predicted octanol–water partition coefficient (Wildman–Crippen LogP) is 5.16. The van der Waals surface area contributed by atoms with Crippen LogP contribution in [0.1, 0.15) is 71.4 Å². The molecule has 0 atom stereocenters.